The van der Waals surface area contributed by atoms with Crippen molar-refractivity contribution < 1.29 is 38.3 Å². The van der Waals surface area contributed by atoms with Gasteiger partial charge in [0.1, 0.15) is 0 Å². The topological polar surface area (TPSA) is 0 Å². The van der Waals surface area contributed by atoms with Crippen molar-refractivity contribution in [1.82, 2.24) is 0 Å². The molecule has 0 spiro atoms. The molecule has 1 heterocycles. The Morgan fingerprint density at radius 3 is 1.35 bits per heavy atom. The number of hydrogen-bond acceptors (Lipinski definition) is 1. The van der Waals surface area contributed by atoms with Crippen molar-refractivity contribution >= 4 is 11.3 Å². The van der Waals surface area contributed by atoms with E-state index in [9.17, 15) is 0 Å². The molecule has 0 saturated heterocycles. The van der Waals surface area contributed by atoms with Gasteiger partial charge in [-0.2, -0.15) is 47.8 Å². The third-order valence-corrected chi connectivity index (χ3v) is 2.06. The van der Waals surface area contributed by atoms with Crippen LogP contribution in [0.3, 0.4) is 0 Å². The zero-order valence-corrected chi connectivity index (χ0v) is 14.5. The van der Waals surface area contributed by atoms with E-state index in [-0.39, 0.29) is 38.3 Å². The first-order valence-electron chi connectivity index (χ1n) is 4.73. The number of thiophene rings is 1. The number of rotatable bonds is 0. The van der Waals surface area contributed by atoms with Crippen molar-refractivity contribution in [3.05, 3.63) is 83.6 Å². The van der Waals surface area contributed by atoms with Crippen LogP contribution in [-0.4, -0.2) is 0 Å². The van der Waals surface area contributed by atoms with Crippen LogP contribution >= 0.6 is 11.3 Å². The number of halogens is 1. The summed E-state index contributed by atoms with van der Waals surface area (Å²) in [6, 6.07) is 23.9. The van der Waals surface area contributed by atoms with E-state index in [2.05, 4.69) is 5.38 Å². The third kappa shape index (κ3) is 13.5. The maximum atomic E-state index is 2.90. The SMILES string of the molecule is [Cl-].[Hf+4].[c-]1cccs1.c1cc[cH-]c1.c1cc[cH-]c1. The summed E-state index contributed by atoms with van der Waals surface area (Å²) in [6.45, 7) is 0. The molecule has 1 aromatic heterocycles. The van der Waals surface area contributed by atoms with Crippen LogP contribution in [-0.2, 0) is 25.8 Å². The molecule has 0 aliphatic heterocycles. The largest absolute Gasteiger partial charge is 4.00 e. The minimum absolute atomic E-state index is 0. The molecule has 0 saturated carbocycles. The van der Waals surface area contributed by atoms with Crippen LogP contribution in [0.5, 0.6) is 0 Å². The average molecular weight is 427 g/mol. The Bertz CT molecular complexity index is 248. The first kappa shape index (κ1) is 18.9. The van der Waals surface area contributed by atoms with Gasteiger partial charge < -0.3 is 23.7 Å². The Balaban J connectivity index is 0. The van der Waals surface area contributed by atoms with Crippen molar-refractivity contribution in [3.63, 3.8) is 0 Å². The van der Waals surface area contributed by atoms with Crippen molar-refractivity contribution in [2.24, 2.45) is 0 Å². The Hall–Kier alpha value is -0.440. The Morgan fingerprint density at radius 2 is 1.24 bits per heavy atom. The standard InChI is InChI=1S/2C5H5.C4H3S.ClH.Hf/c3*1-2-4-5-3-1;;/h2*1-5H;1-3H;1H;/q3*-1;;+4/p-1. The molecule has 0 N–H and O–H groups in total. The smallest absolute Gasteiger partial charge is 1.00 e. The van der Waals surface area contributed by atoms with Gasteiger partial charge in [0.25, 0.3) is 0 Å². The van der Waals surface area contributed by atoms with Crippen LogP contribution < -0.4 is 12.4 Å². The van der Waals surface area contributed by atoms with Gasteiger partial charge in [0.2, 0.25) is 0 Å². The van der Waals surface area contributed by atoms with Gasteiger partial charge in [0.15, 0.2) is 0 Å². The van der Waals surface area contributed by atoms with Crippen LogP contribution in [0.15, 0.2) is 78.2 Å². The molecule has 0 bridgehead atoms. The second-order valence-corrected chi connectivity index (χ2v) is 3.40. The van der Waals surface area contributed by atoms with Crippen LogP contribution in [0.4, 0.5) is 0 Å². The van der Waals surface area contributed by atoms with E-state index in [1.807, 2.05) is 78.2 Å². The number of hydrogen-bond donors (Lipinski definition) is 0. The minimum Gasteiger partial charge on any atom is -1.00 e. The van der Waals surface area contributed by atoms with Gasteiger partial charge in [0, 0.05) is 0 Å². The second kappa shape index (κ2) is 15.6. The predicted octanol–water partition coefficient (Wildman–Crippen LogP) is 1.36. The van der Waals surface area contributed by atoms with Crippen LogP contribution in [0.2, 0.25) is 0 Å². The normalized spacial score (nSPS) is 7.06. The van der Waals surface area contributed by atoms with Crippen molar-refractivity contribution in [2.45, 2.75) is 0 Å². The van der Waals surface area contributed by atoms with Crippen molar-refractivity contribution in [3.8, 4) is 0 Å². The first-order valence-corrected chi connectivity index (χ1v) is 5.61. The van der Waals surface area contributed by atoms with Gasteiger partial charge >= 0.3 is 25.8 Å². The fourth-order valence-electron chi connectivity index (χ4n) is 0.838. The van der Waals surface area contributed by atoms with Gasteiger partial charge in [-0.05, 0) is 0 Å². The molecular weight excluding hydrogens is 414 g/mol. The molecule has 0 fully saturated rings. The zero-order valence-electron chi connectivity index (χ0n) is 9.29. The maximum absolute atomic E-state index is 2.90. The monoisotopic (exact) mass is 428 g/mol. The Morgan fingerprint density at radius 1 is 0.765 bits per heavy atom. The summed E-state index contributed by atoms with van der Waals surface area (Å²) in [6.07, 6.45) is 0. The maximum Gasteiger partial charge on any atom is 4.00 e. The van der Waals surface area contributed by atoms with E-state index in [1.54, 1.807) is 11.3 Å². The molecular formula is C14H13ClHfS. The van der Waals surface area contributed by atoms with Crippen LogP contribution in [0.1, 0.15) is 0 Å². The Labute approximate surface area is 132 Å². The summed E-state index contributed by atoms with van der Waals surface area (Å²) in [4.78, 5) is 0. The molecule has 0 amide bonds. The van der Waals surface area contributed by atoms with Gasteiger partial charge in [-0.25, -0.2) is 30.3 Å². The van der Waals surface area contributed by atoms with E-state index in [0.717, 1.165) is 0 Å². The van der Waals surface area contributed by atoms with E-state index in [1.165, 1.54) is 0 Å². The molecule has 3 rings (SSSR count). The summed E-state index contributed by atoms with van der Waals surface area (Å²) in [5.41, 5.74) is 0. The first-order chi connectivity index (χ1) is 7.50. The summed E-state index contributed by atoms with van der Waals surface area (Å²) < 4.78 is 0. The van der Waals surface area contributed by atoms with Gasteiger partial charge in [0.05, 0.1) is 0 Å². The van der Waals surface area contributed by atoms with Crippen molar-refractivity contribution in [2.75, 3.05) is 0 Å². The van der Waals surface area contributed by atoms with E-state index in [0.29, 0.717) is 0 Å². The molecule has 0 nitrogen and oxygen atoms in total. The van der Waals surface area contributed by atoms with E-state index >= 15 is 0 Å². The van der Waals surface area contributed by atoms with E-state index in [4.69, 9.17) is 0 Å². The molecule has 0 aliphatic carbocycles. The second-order valence-electron chi connectivity index (χ2n) is 2.66. The molecule has 3 heteroatoms. The minimum atomic E-state index is 0. The molecule has 86 valence electrons. The van der Waals surface area contributed by atoms with Crippen LogP contribution in [0, 0.1) is 5.38 Å². The molecule has 0 atom stereocenters. The average Bonchev–Trinajstić information content (AvgIpc) is 3.09. The fraction of sp³-hybridized carbons (Fsp3) is 0. The summed E-state index contributed by atoms with van der Waals surface area (Å²) >= 11 is 1.59. The third-order valence-electron chi connectivity index (χ3n) is 1.49. The molecule has 17 heavy (non-hydrogen) atoms. The van der Waals surface area contributed by atoms with Gasteiger partial charge in [-0.1, -0.05) is 0 Å². The summed E-state index contributed by atoms with van der Waals surface area (Å²) in [5, 5.41) is 4.89. The zero-order chi connectivity index (χ0) is 10.6. The van der Waals surface area contributed by atoms with E-state index < -0.39 is 0 Å². The van der Waals surface area contributed by atoms with Gasteiger partial charge in [-0.3, -0.25) is 0 Å². The molecule has 3 aromatic rings. The quantitative estimate of drug-likeness (QED) is 0.376. The molecule has 0 aliphatic rings. The molecule has 2 aromatic carbocycles. The summed E-state index contributed by atoms with van der Waals surface area (Å²) in [5.74, 6) is 0. The van der Waals surface area contributed by atoms with Crippen molar-refractivity contribution in [1.29, 1.82) is 0 Å². The predicted molar refractivity (Wildman–Crippen MR) is 67.2 cm³/mol. The molecule has 0 unspecified atom stereocenters. The van der Waals surface area contributed by atoms with Crippen LogP contribution in [0.25, 0.3) is 0 Å². The Kier molecular flexibility index (Phi) is 17.3. The molecule has 0 radical (unpaired) electrons. The summed E-state index contributed by atoms with van der Waals surface area (Å²) in [7, 11) is 0. The van der Waals surface area contributed by atoms with Gasteiger partial charge in [-0.15, -0.1) is 5.38 Å². The fourth-order valence-corrected chi connectivity index (χ4v) is 1.23.